The molecule has 0 amide bonds. The zero-order valence-corrected chi connectivity index (χ0v) is 18.3. The standard InChI is InChI=1S/C19H41O3PS/c1-5-6-7-8-9-10-11-12-13-14-16-19(23(2,3)4)17-15-18-24(20,21)22/h19H,5-18H2,1-4H3/p+1. The minimum absolute atomic E-state index is 0.0818. The monoisotopic (exact) mass is 381 g/mol. The van der Waals surface area contributed by atoms with Crippen molar-refractivity contribution in [2.75, 3.05) is 25.7 Å². The van der Waals surface area contributed by atoms with Crippen LogP contribution in [0.15, 0.2) is 0 Å². The van der Waals surface area contributed by atoms with Crippen LogP contribution >= 0.6 is 7.26 Å². The summed E-state index contributed by atoms with van der Waals surface area (Å²) in [7, 11) is -4.76. The predicted octanol–water partition coefficient (Wildman–Crippen LogP) is 6.24. The zero-order valence-electron chi connectivity index (χ0n) is 16.6. The van der Waals surface area contributed by atoms with Gasteiger partial charge in [0.25, 0.3) is 10.1 Å². The lowest BCUT2D eigenvalue weighted by Crippen LogP contribution is -2.14. The molecule has 1 N–H and O–H groups in total. The maximum atomic E-state index is 10.9. The molecule has 0 aliphatic rings. The van der Waals surface area contributed by atoms with Gasteiger partial charge in [0.05, 0.1) is 11.4 Å². The van der Waals surface area contributed by atoms with Crippen LogP contribution in [-0.4, -0.2) is 44.4 Å². The van der Waals surface area contributed by atoms with Crippen molar-refractivity contribution in [1.82, 2.24) is 0 Å². The number of rotatable bonds is 16. The van der Waals surface area contributed by atoms with Gasteiger partial charge >= 0.3 is 0 Å². The molecule has 3 nitrogen and oxygen atoms in total. The molecule has 0 bridgehead atoms. The number of hydrogen-bond acceptors (Lipinski definition) is 2. The lowest BCUT2D eigenvalue weighted by molar-refractivity contribution is 0.478. The van der Waals surface area contributed by atoms with Crippen LogP contribution in [0.25, 0.3) is 0 Å². The Labute approximate surface area is 152 Å². The second-order valence-electron chi connectivity index (χ2n) is 8.17. The summed E-state index contributed by atoms with van der Waals surface area (Å²) in [5.41, 5.74) is 0.647. The fourth-order valence-electron chi connectivity index (χ4n) is 3.29. The molecule has 0 fully saturated rings. The molecule has 1 atom stereocenters. The highest BCUT2D eigenvalue weighted by Crippen LogP contribution is 2.55. The first-order valence-corrected chi connectivity index (χ1v) is 14.7. The maximum absolute atomic E-state index is 10.9. The minimum Gasteiger partial charge on any atom is -0.286 e. The smallest absolute Gasteiger partial charge is 0.264 e. The van der Waals surface area contributed by atoms with E-state index in [0.29, 0.717) is 12.1 Å². The molecule has 0 saturated carbocycles. The van der Waals surface area contributed by atoms with Crippen molar-refractivity contribution in [3.05, 3.63) is 0 Å². The largest absolute Gasteiger partial charge is 0.286 e. The highest BCUT2D eigenvalue weighted by Gasteiger charge is 2.30. The molecule has 0 aromatic heterocycles. The SMILES string of the molecule is CCCCCCCCCCCCC(CCCS(=O)(=O)O)[P+](C)(C)C. The Morgan fingerprint density at radius 1 is 0.750 bits per heavy atom. The van der Waals surface area contributed by atoms with Crippen LogP contribution in [0.2, 0.25) is 0 Å². The van der Waals surface area contributed by atoms with Gasteiger partial charge in [0, 0.05) is 27.3 Å². The van der Waals surface area contributed by atoms with Gasteiger partial charge < -0.3 is 0 Å². The highest BCUT2D eigenvalue weighted by atomic mass is 32.2. The minimum atomic E-state index is -3.80. The van der Waals surface area contributed by atoms with Crippen molar-refractivity contribution in [3.8, 4) is 0 Å². The van der Waals surface area contributed by atoms with E-state index in [9.17, 15) is 8.42 Å². The quantitative estimate of drug-likeness (QED) is 0.195. The first-order valence-electron chi connectivity index (χ1n) is 9.93. The van der Waals surface area contributed by atoms with E-state index >= 15 is 0 Å². The summed E-state index contributed by atoms with van der Waals surface area (Å²) in [5.74, 6) is -0.0818. The fraction of sp³-hybridized carbons (Fsp3) is 1.00. The molecule has 0 rings (SSSR count). The summed E-state index contributed by atoms with van der Waals surface area (Å²) < 4.78 is 30.6. The van der Waals surface area contributed by atoms with Gasteiger partial charge in [-0.25, -0.2) is 0 Å². The molecular formula is C19H42O3PS+. The summed E-state index contributed by atoms with van der Waals surface area (Å²) in [6.45, 7) is 9.31. The van der Waals surface area contributed by atoms with Crippen LogP contribution in [0.5, 0.6) is 0 Å². The maximum Gasteiger partial charge on any atom is 0.264 e. The van der Waals surface area contributed by atoms with Gasteiger partial charge in [-0.15, -0.1) is 0 Å². The van der Waals surface area contributed by atoms with Gasteiger partial charge in [0.1, 0.15) is 0 Å². The van der Waals surface area contributed by atoms with E-state index in [1.807, 2.05) is 0 Å². The molecule has 146 valence electrons. The van der Waals surface area contributed by atoms with Gasteiger partial charge in [-0.1, -0.05) is 64.7 Å². The Morgan fingerprint density at radius 2 is 1.17 bits per heavy atom. The Morgan fingerprint density at radius 3 is 1.58 bits per heavy atom. The first kappa shape index (κ1) is 24.3. The predicted molar refractivity (Wildman–Crippen MR) is 111 cm³/mol. The second kappa shape index (κ2) is 13.5. The topological polar surface area (TPSA) is 54.4 Å². The lowest BCUT2D eigenvalue weighted by Gasteiger charge is -2.24. The average Bonchev–Trinajstić information content (AvgIpc) is 2.45. The number of unbranched alkanes of at least 4 members (excludes halogenated alkanes) is 9. The Hall–Kier alpha value is 0.340. The van der Waals surface area contributed by atoms with Crippen molar-refractivity contribution in [1.29, 1.82) is 0 Å². The van der Waals surface area contributed by atoms with E-state index in [1.165, 1.54) is 70.6 Å². The van der Waals surface area contributed by atoms with Crippen LogP contribution in [0.4, 0.5) is 0 Å². The van der Waals surface area contributed by atoms with Crippen molar-refractivity contribution in [2.45, 2.75) is 96.1 Å². The molecule has 0 radical (unpaired) electrons. The van der Waals surface area contributed by atoms with Crippen LogP contribution in [0.1, 0.15) is 90.4 Å². The summed E-state index contributed by atoms with van der Waals surface area (Å²) >= 11 is 0. The number of hydrogen-bond donors (Lipinski definition) is 1. The average molecular weight is 382 g/mol. The highest BCUT2D eigenvalue weighted by molar-refractivity contribution is 7.85. The zero-order chi connectivity index (χ0) is 18.5. The van der Waals surface area contributed by atoms with Gasteiger partial charge in [-0.2, -0.15) is 8.42 Å². The van der Waals surface area contributed by atoms with Gasteiger partial charge in [-0.3, -0.25) is 4.55 Å². The molecule has 0 spiro atoms. The van der Waals surface area contributed by atoms with E-state index in [0.717, 1.165) is 6.42 Å². The van der Waals surface area contributed by atoms with Crippen LogP contribution in [0, 0.1) is 0 Å². The summed E-state index contributed by atoms with van der Waals surface area (Å²) in [6.07, 6.45) is 16.3. The van der Waals surface area contributed by atoms with Gasteiger partial charge in [0.2, 0.25) is 0 Å². The van der Waals surface area contributed by atoms with Gasteiger partial charge in [-0.05, 0) is 25.7 Å². The van der Waals surface area contributed by atoms with E-state index in [4.69, 9.17) is 4.55 Å². The van der Waals surface area contributed by atoms with E-state index in [1.54, 1.807) is 0 Å². The van der Waals surface area contributed by atoms with E-state index in [2.05, 4.69) is 26.9 Å². The molecule has 0 aromatic rings. The molecule has 5 heteroatoms. The molecule has 0 aromatic carbocycles. The van der Waals surface area contributed by atoms with Crippen molar-refractivity contribution < 1.29 is 13.0 Å². The summed E-state index contributed by atoms with van der Waals surface area (Å²) in [6, 6.07) is 0. The third-order valence-electron chi connectivity index (χ3n) is 4.93. The van der Waals surface area contributed by atoms with Gasteiger partial charge in [0.15, 0.2) is 0 Å². The molecule has 0 saturated heterocycles. The Bertz CT molecular complexity index is 388. The molecule has 0 aliphatic carbocycles. The summed E-state index contributed by atoms with van der Waals surface area (Å²) in [4.78, 5) is 0. The molecule has 1 unspecified atom stereocenters. The molecule has 0 heterocycles. The third-order valence-corrected chi connectivity index (χ3v) is 8.44. The van der Waals surface area contributed by atoms with Crippen LogP contribution in [0.3, 0.4) is 0 Å². The van der Waals surface area contributed by atoms with Crippen molar-refractivity contribution in [2.24, 2.45) is 0 Å². The molecule has 24 heavy (non-hydrogen) atoms. The van der Waals surface area contributed by atoms with Crippen molar-refractivity contribution >= 4 is 17.4 Å². The van der Waals surface area contributed by atoms with Crippen molar-refractivity contribution in [3.63, 3.8) is 0 Å². The Kier molecular flexibility index (Phi) is 13.7. The van der Waals surface area contributed by atoms with Crippen LogP contribution < -0.4 is 0 Å². The normalized spacial score (nSPS) is 14.0. The van der Waals surface area contributed by atoms with E-state index < -0.39 is 17.4 Å². The van der Waals surface area contributed by atoms with Crippen LogP contribution in [-0.2, 0) is 10.1 Å². The Balaban J connectivity index is 3.76. The second-order valence-corrected chi connectivity index (χ2v) is 14.7. The first-order chi connectivity index (χ1) is 11.2. The fourth-order valence-corrected chi connectivity index (χ4v) is 5.73. The third kappa shape index (κ3) is 15.8. The summed E-state index contributed by atoms with van der Waals surface area (Å²) in [5, 5.41) is 0. The lowest BCUT2D eigenvalue weighted by atomic mass is 10.0. The van der Waals surface area contributed by atoms with E-state index in [-0.39, 0.29) is 5.75 Å². The molecule has 0 aliphatic heterocycles. The molecular weight excluding hydrogens is 339 g/mol.